The number of amides is 1. The molecule has 1 N–H and O–H groups in total. The van der Waals surface area contributed by atoms with Crippen LogP contribution in [-0.4, -0.2) is 48.3 Å². The fourth-order valence-electron chi connectivity index (χ4n) is 5.23. The predicted octanol–water partition coefficient (Wildman–Crippen LogP) is 5.98. The number of oxazole rings is 1. The third-order valence-electron chi connectivity index (χ3n) is 7.50. The first-order valence-electron chi connectivity index (χ1n) is 15.1. The maximum absolute atomic E-state index is 13.8. The second-order valence-electron chi connectivity index (χ2n) is 11.1. The van der Waals surface area contributed by atoms with Gasteiger partial charge in [0.1, 0.15) is 11.6 Å². The Bertz CT molecular complexity index is 1720. The van der Waals surface area contributed by atoms with Crippen molar-refractivity contribution in [1.82, 2.24) is 15.2 Å². The maximum atomic E-state index is 13.8. The zero-order chi connectivity index (χ0) is 31.5. The molecule has 9 heteroatoms. The van der Waals surface area contributed by atoms with Crippen LogP contribution in [0.3, 0.4) is 0 Å². The Morgan fingerprint density at radius 1 is 0.733 bits per heavy atom. The van der Waals surface area contributed by atoms with Gasteiger partial charge in [-0.05, 0) is 41.7 Å². The fourth-order valence-corrected chi connectivity index (χ4v) is 6.89. The average molecular weight is 624 g/mol. The lowest BCUT2D eigenvalue weighted by Crippen LogP contribution is -2.50. The van der Waals surface area contributed by atoms with Crippen LogP contribution in [0.2, 0.25) is 0 Å². The van der Waals surface area contributed by atoms with E-state index in [0.29, 0.717) is 49.1 Å². The van der Waals surface area contributed by atoms with E-state index in [0.717, 1.165) is 11.1 Å². The first-order chi connectivity index (χ1) is 21.9. The van der Waals surface area contributed by atoms with Crippen LogP contribution in [0.25, 0.3) is 11.1 Å². The Labute approximate surface area is 264 Å². The Morgan fingerprint density at radius 3 is 1.89 bits per heavy atom. The molecule has 5 aromatic rings. The third kappa shape index (κ3) is 9.44. The van der Waals surface area contributed by atoms with E-state index in [1.54, 1.807) is 36.4 Å². The van der Waals surface area contributed by atoms with Crippen LogP contribution in [0.1, 0.15) is 46.6 Å². The molecule has 0 radical (unpaired) electrons. The lowest BCUT2D eigenvalue weighted by molar-refractivity contribution is -0.126. The second-order valence-corrected chi connectivity index (χ2v) is 13.2. The topological polar surface area (TPSA) is 110 Å². The van der Waals surface area contributed by atoms with Gasteiger partial charge in [0.15, 0.2) is 15.4 Å². The normalized spacial score (nSPS) is 12.3. The number of unbranched alkanes of at least 4 members (excludes halogenated alkanes) is 1. The SMILES string of the molecule is O=C(CCCCNC(=O)[C@H](CS(=O)(=O)Cc1ccccc1)N(Cc1ccccc1)Cc1ccccc1)c1nc2ccccc2o1. The summed E-state index contributed by atoms with van der Waals surface area (Å²) in [7, 11) is -3.66. The minimum atomic E-state index is -3.66. The second kappa shape index (κ2) is 15.4. The van der Waals surface area contributed by atoms with Crippen LogP contribution in [0.15, 0.2) is 120 Å². The van der Waals surface area contributed by atoms with Crippen LogP contribution in [-0.2, 0) is 33.5 Å². The Balaban J connectivity index is 1.27. The van der Waals surface area contributed by atoms with Gasteiger partial charge < -0.3 is 9.73 Å². The van der Waals surface area contributed by atoms with Gasteiger partial charge in [-0.25, -0.2) is 13.4 Å². The molecule has 1 atom stereocenters. The molecule has 0 aliphatic carbocycles. The van der Waals surface area contributed by atoms with Gasteiger partial charge in [0.05, 0.1) is 11.5 Å². The van der Waals surface area contributed by atoms with E-state index in [1.807, 2.05) is 83.8 Å². The van der Waals surface area contributed by atoms with Crippen molar-refractivity contribution in [2.45, 2.75) is 44.1 Å². The molecular formula is C36H37N3O5S. The Morgan fingerprint density at radius 2 is 1.29 bits per heavy atom. The highest BCUT2D eigenvalue weighted by atomic mass is 32.2. The fraction of sp³-hybridized carbons (Fsp3) is 0.250. The van der Waals surface area contributed by atoms with Gasteiger partial charge >= 0.3 is 0 Å². The summed E-state index contributed by atoms with van der Waals surface area (Å²) in [6, 6.07) is 34.8. The van der Waals surface area contributed by atoms with Gasteiger partial charge in [-0.15, -0.1) is 0 Å². The summed E-state index contributed by atoms with van der Waals surface area (Å²) in [5.74, 6) is -0.951. The van der Waals surface area contributed by atoms with Crippen molar-refractivity contribution in [3.63, 3.8) is 0 Å². The van der Waals surface area contributed by atoms with E-state index in [2.05, 4.69) is 10.3 Å². The first-order valence-corrected chi connectivity index (χ1v) is 16.9. The number of nitrogens with zero attached hydrogens (tertiary/aromatic N) is 2. The predicted molar refractivity (Wildman–Crippen MR) is 175 cm³/mol. The van der Waals surface area contributed by atoms with Crippen molar-refractivity contribution in [3.05, 3.63) is 138 Å². The molecule has 0 saturated heterocycles. The highest BCUT2D eigenvalue weighted by molar-refractivity contribution is 7.90. The van der Waals surface area contributed by atoms with Crippen LogP contribution in [0.5, 0.6) is 0 Å². The molecule has 4 aromatic carbocycles. The maximum Gasteiger partial charge on any atom is 0.264 e. The van der Waals surface area contributed by atoms with E-state index in [4.69, 9.17) is 4.42 Å². The molecule has 1 amide bonds. The summed E-state index contributed by atoms with van der Waals surface area (Å²) in [4.78, 5) is 32.6. The summed E-state index contributed by atoms with van der Waals surface area (Å²) in [5.41, 5.74) is 3.83. The van der Waals surface area contributed by atoms with Crippen LogP contribution in [0.4, 0.5) is 0 Å². The summed E-state index contributed by atoms with van der Waals surface area (Å²) in [5, 5.41) is 2.96. The average Bonchev–Trinajstić information content (AvgIpc) is 3.49. The highest BCUT2D eigenvalue weighted by Crippen LogP contribution is 2.19. The van der Waals surface area contributed by atoms with E-state index < -0.39 is 15.9 Å². The van der Waals surface area contributed by atoms with Gasteiger partial charge in [-0.2, -0.15) is 0 Å². The molecule has 0 bridgehead atoms. The highest BCUT2D eigenvalue weighted by Gasteiger charge is 2.31. The number of hydrogen-bond acceptors (Lipinski definition) is 7. The number of fused-ring (bicyclic) bond motifs is 1. The molecule has 1 aromatic heterocycles. The molecule has 0 saturated carbocycles. The molecular weight excluding hydrogens is 586 g/mol. The largest absolute Gasteiger partial charge is 0.434 e. The number of Topliss-reactive ketones (excluding diaryl/α,β-unsaturated/α-hetero) is 1. The van der Waals surface area contributed by atoms with E-state index in [1.165, 1.54) is 0 Å². The Hall–Kier alpha value is -4.60. The summed E-state index contributed by atoms with van der Waals surface area (Å²) in [6.07, 6.45) is 1.29. The number of ketones is 1. The van der Waals surface area contributed by atoms with Crippen molar-refractivity contribution < 1.29 is 22.4 Å². The van der Waals surface area contributed by atoms with Crippen LogP contribution < -0.4 is 5.32 Å². The molecule has 8 nitrogen and oxygen atoms in total. The van der Waals surface area contributed by atoms with Crippen molar-refractivity contribution >= 4 is 32.6 Å². The molecule has 0 fully saturated rings. The summed E-state index contributed by atoms with van der Waals surface area (Å²) in [6.45, 7) is 1.10. The molecule has 45 heavy (non-hydrogen) atoms. The molecule has 0 unspecified atom stereocenters. The number of benzene rings is 4. The van der Waals surface area contributed by atoms with Crippen molar-refractivity contribution in [2.24, 2.45) is 0 Å². The van der Waals surface area contributed by atoms with Crippen molar-refractivity contribution in [3.8, 4) is 0 Å². The third-order valence-corrected chi connectivity index (χ3v) is 9.10. The van der Waals surface area contributed by atoms with Gasteiger partial charge in [-0.3, -0.25) is 14.5 Å². The standard InChI is InChI=1S/C36H37N3O5S/c40-33(36-38-31-20-10-11-22-34(31)44-36)21-12-13-23-37-35(41)32(27-45(42,43)26-30-18-8-3-9-19-30)39(24-28-14-4-1-5-15-28)25-29-16-6-2-7-17-29/h1-11,14-20,22,32H,12-13,21,23-27H2,(H,37,41)/t32-/m0/s1. The number of nitrogens with one attached hydrogen (secondary N) is 1. The van der Waals surface area contributed by atoms with E-state index >= 15 is 0 Å². The molecule has 0 spiro atoms. The van der Waals surface area contributed by atoms with Crippen LogP contribution in [0, 0.1) is 0 Å². The summed E-state index contributed by atoms with van der Waals surface area (Å²) < 4.78 is 32.6. The van der Waals surface area contributed by atoms with Crippen molar-refractivity contribution in [1.29, 1.82) is 0 Å². The number of rotatable bonds is 16. The lowest BCUT2D eigenvalue weighted by atomic mass is 10.1. The number of carbonyl (C=O) groups is 2. The van der Waals surface area contributed by atoms with Crippen molar-refractivity contribution in [2.75, 3.05) is 12.3 Å². The van der Waals surface area contributed by atoms with Gasteiger partial charge in [0, 0.05) is 26.1 Å². The zero-order valence-electron chi connectivity index (χ0n) is 25.0. The molecule has 5 rings (SSSR count). The minimum Gasteiger partial charge on any atom is -0.434 e. The number of sulfone groups is 1. The lowest BCUT2D eigenvalue weighted by Gasteiger charge is -2.31. The zero-order valence-corrected chi connectivity index (χ0v) is 25.9. The number of hydrogen-bond donors (Lipinski definition) is 1. The van der Waals surface area contributed by atoms with Gasteiger partial charge in [0.25, 0.3) is 5.89 Å². The molecule has 1 heterocycles. The quantitative estimate of drug-likeness (QED) is 0.106. The Kier molecular flexibility index (Phi) is 10.9. The van der Waals surface area contributed by atoms with Gasteiger partial charge in [0.2, 0.25) is 11.7 Å². The van der Waals surface area contributed by atoms with E-state index in [-0.39, 0.29) is 35.5 Å². The summed E-state index contributed by atoms with van der Waals surface area (Å²) >= 11 is 0. The first kappa shape index (κ1) is 31.8. The number of aromatic nitrogens is 1. The molecule has 0 aliphatic rings. The smallest absolute Gasteiger partial charge is 0.264 e. The number of para-hydroxylation sites is 2. The monoisotopic (exact) mass is 623 g/mol. The van der Waals surface area contributed by atoms with Gasteiger partial charge in [-0.1, -0.05) is 103 Å². The molecule has 232 valence electrons. The minimum absolute atomic E-state index is 0.0846. The van der Waals surface area contributed by atoms with E-state index in [9.17, 15) is 18.0 Å². The van der Waals surface area contributed by atoms with Crippen LogP contribution >= 0.6 is 0 Å². The molecule has 0 aliphatic heterocycles. The number of carbonyl (C=O) groups excluding carboxylic acids is 2.